The van der Waals surface area contributed by atoms with Gasteiger partial charge < -0.3 is 4.90 Å². The Labute approximate surface area is 174 Å². The quantitative estimate of drug-likeness (QED) is 0.620. The van der Waals surface area contributed by atoms with Crippen LogP contribution in [0.3, 0.4) is 0 Å². The van der Waals surface area contributed by atoms with Crippen LogP contribution in [0, 0.1) is 5.82 Å². The smallest absolute Gasteiger partial charge is 0.141 e. The summed E-state index contributed by atoms with van der Waals surface area (Å²) in [6, 6.07) is 8.94. The van der Waals surface area contributed by atoms with Crippen molar-refractivity contribution in [3.8, 4) is 0 Å². The van der Waals surface area contributed by atoms with Crippen molar-refractivity contribution < 1.29 is 4.39 Å². The number of hydrogen-bond donors (Lipinski definition) is 0. The normalized spacial score (nSPS) is 16.8. The van der Waals surface area contributed by atoms with E-state index < -0.39 is 0 Å². The first kappa shape index (κ1) is 19.9. The summed E-state index contributed by atoms with van der Waals surface area (Å²) < 4.78 is 15.3. The molecule has 6 nitrogen and oxygen atoms in total. The molecule has 4 heterocycles. The molecule has 0 N–H and O–H groups in total. The van der Waals surface area contributed by atoms with Crippen LogP contribution in [0.5, 0.6) is 0 Å². The van der Waals surface area contributed by atoms with Crippen LogP contribution in [0.2, 0.25) is 5.02 Å². The summed E-state index contributed by atoms with van der Waals surface area (Å²) in [5.74, 6) is -0.324. The number of aryl methyl sites for hydroxylation is 1. The zero-order valence-corrected chi connectivity index (χ0v) is 17.1. The average molecular weight is 415 g/mol. The molecule has 3 aromatic rings. The third-order valence-electron chi connectivity index (χ3n) is 5.44. The predicted octanol–water partition coefficient (Wildman–Crippen LogP) is 2.95. The summed E-state index contributed by atoms with van der Waals surface area (Å²) in [6.07, 6.45) is 5.70. The highest BCUT2D eigenvalue weighted by molar-refractivity contribution is 6.31. The molecule has 29 heavy (non-hydrogen) atoms. The molecule has 1 aliphatic heterocycles. The van der Waals surface area contributed by atoms with Gasteiger partial charge in [-0.05, 0) is 30.3 Å². The molecule has 3 aromatic heterocycles. The van der Waals surface area contributed by atoms with Gasteiger partial charge in [0.2, 0.25) is 0 Å². The maximum atomic E-state index is 13.4. The van der Waals surface area contributed by atoms with E-state index in [-0.39, 0.29) is 11.9 Å². The van der Waals surface area contributed by atoms with Gasteiger partial charge in [0.05, 0.1) is 34.3 Å². The van der Waals surface area contributed by atoms with Crippen molar-refractivity contribution in [3.63, 3.8) is 0 Å². The van der Waals surface area contributed by atoms with Crippen molar-refractivity contribution in [2.24, 2.45) is 7.05 Å². The van der Waals surface area contributed by atoms with Crippen LogP contribution in [0.15, 0.2) is 48.9 Å². The molecular formula is C21H24ClFN6. The second-order valence-electron chi connectivity index (χ2n) is 7.24. The molecule has 1 aliphatic rings. The van der Waals surface area contributed by atoms with Gasteiger partial charge in [-0.15, -0.1) is 0 Å². The largest absolute Gasteiger partial charge is 0.300 e. The number of hydrogen-bond acceptors (Lipinski definition) is 5. The minimum Gasteiger partial charge on any atom is -0.300 e. The molecule has 0 aromatic carbocycles. The first-order valence-corrected chi connectivity index (χ1v) is 10.1. The van der Waals surface area contributed by atoms with Gasteiger partial charge in [0.25, 0.3) is 0 Å². The molecule has 1 saturated heterocycles. The molecule has 0 amide bonds. The van der Waals surface area contributed by atoms with Gasteiger partial charge in [0.15, 0.2) is 0 Å². The number of aromatic nitrogens is 4. The summed E-state index contributed by atoms with van der Waals surface area (Å²) in [7, 11) is 1.93. The number of pyridine rings is 2. The Bertz CT molecular complexity index is 936. The zero-order valence-electron chi connectivity index (χ0n) is 16.4. The molecule has 152 valence electrons. The van der Waals surface area contributed by atoms with E-state index in [0.29, 0.717) is 0 Å². The van der Waals surface area contributed by atoms with Crippen molar-refractivity contribution in [1.82, 2.24) is 29.5 Å². The number of piperazine rings is 1. The van der Waals surface area contributed by atoms with E-state index in [4.69, 9.17) is 11.6 Å². The van der Waals surface area contributed by atoms with E-state index >= 15 is 0 Å². The minimum absolute atomic E-state index is 0.0458. The number of rotatable bonds is 6. The lowest BCUT2D eigenvalue weighted by Gasteiger charge is -2.39. The predicted molar refractivity (Wildman–Crippen MR) is 110 cm³/mol. The monoisotopic (exact) mass is 414 g/mol. The molecule has 1 unspecified atom stereocenters. The fourth-order valence-electron chi connectivity index (χ4n) is 3.84. The first-order chi connectivity index (χ1) is 14.1. The molecule has 0 spiro atoms. The summed E-state index contributed by atoms with van der Waals surface area (Å²) >= 11 is 6.23. The summed E-state index contributed by atoms with van der Waals surface area (Å²) in [5.41, 5.74) is 2.83. The van der Waals surface area contributed by atoms with Crippen molar-refractivity contribution in [3.05, 3.63) is 76.8 Å². The van der Waals surface area contributed by atoms with Crippen LogP contribution in [0.1, 0.15) is 23.1 Å². The maximum Gasteiger partial charge on any atom is 0.141 e. The van der Waals surface area contributed by atoms with E-state index in [1.165, 1.54) is 12.3 Å². The van der Waals surface area contributed by atoms with Crippen LogP contribution in [-0.2, 0) is 13.5 Å². The molecule has 1 fully saturated rings. The fraction of sp³-hybridized carbons (Fsp3) is 0.381. The second kappa shape index (κ2) is 8.98. The Morgan fingerprint density at radius 3 is 2.55 bits per heavy atom. The zero-order chi connectivity index (χ0) is 20.2. The van der Waals surface area contributed by atoms with Gasteiger partial charge >= 0.3 is 0 Å². The maximum absolute atomic E-state index is 13.4. The fourth-order valence-corrected chi connectivity index (χ4v) is 4.05. The molecule has 4 rings (SSSR count). The van der Waals surface area contributed by atoms with Crippen LogP contribution < -0.4 is 0 Å². The Morgan fingerprint density at radius 2 is 1.90 bits per heavy atom. The first-order valence-electron chi connectivity index (χ1n) is 9.77. The average Bonchev–Trinajstić information content (AvgIpc) is 3.15. The van der Waals surface area contributed by atoms with E-state index in [1.807, 2.05) is 29.9 Å². The van der Waals surface area contributed by atoms with Crippen LogP contribution in [0.25, 0.3) is 0 Å². The number of nitrogens with zero attached hydrogens (tertiary/aromatic N) is 6. The van der Waals surface area contributed by atoms with Gasteiger partial charge in [-0.1, -0.05) is 11.6 Å². The van der Waals surface area contributed by atoms with Crippen LogP contribution in [-0.4, -0.2) is 62.3 Å². The minimum atomic E-state index is -0.324. The van der Waals surface area contributed by atoms with Gasteiger partial charge in [-0.3, -0.25) is 19.5 Å². The van der Waals surface area contributed by atoms with Gasteiger partial charge in [-0.25, -0.2) is 4.39 Å². The van der Waals surface area contributed by atoms with E-state index in [0.717, 1.165) is 61.2 Å². The summed E-state index contributed by atoms with van der Waals surface area (Å²) in [5, 5.41) is 5.05. The Balaban J connectivity index is 1.43. The van der Waals surface area contributed by atoms with Crippen molar-refractivity contribution in [2.75, 3.05) is 32.7 Å². The van der Waals surface area contributed by atoms with Gasteiger partial charge in [0.1, 0.15) is 5.82 Å². The molecule has 8 heteroatoms. The number of halogens is 2. The standard InChI is InChI=1S/C21H24ClFN6/c1-27-20(6-9-26-27)21(19-5-4-16(23)15-25-19)29-13-11-28(12-14-29)10-7-18-17(22)3-2-8-24-18/h2-6,8-9,15,21H,7,10-14H2,1H3. The van der Waals surface area contributed by atoms with Gasteiger partial charge in [0, 0.05) is 58.6 Å². The molecule has 0 saturated carbocycles. The summed E-state index contributed by atoms with van der Waals surface area (Å²) in [4.78, 5) is 13.6. The lowest BCUT2D eigenvalue weighted by Crippen LogP contribution is -2.48. The van der Waals surface area contributed by atoms with Crippen molar-refractivity contribution in [2.45, 2.75) is 12.5 Å². The van der Waals surface area contributed by atoms with E-state index in [2.05, 4.69) is 24.9 Å². The Hall–Kier alpha value is -2.35. The molecular weight excluding hydrogens is 391 g/mol. The third kappa shape index (κ3) is 4.63. The van der Waals surface area contributed by atoms with Crippen LogP contribution in [0.4, 0.5) is 4.39 Å². The van der Waals surface area contributed by atoms with Crippen LogP contribution >= 0.6 is 11.6 Å². The third-order valence-corrected chi connectivity index (χ3v) is 5.79. The SMILES string of the molecule is Cn1nccc1C(c1ccc(F)cn1)N1CCN(CCc2ncccc2Cl)CC1. The summed E-state index contributed by atoms with van der Waals surface area (Å²) in [6.45, 7) is 4.60. The lowest BCUT2D eigenvalue weighted by atomic mass is 10.1. The van der Waals surface area contributed by atoms with Gasteiger partial charge in [-0.2, -0.15) is 5.10 Å². The van der Waals surface area contributed by atoms with Crippen molar-refractivity contribution >= 4 is 11.6 Å². The Kier molecular flexibility index (Phi) is 6.18. The highest BCUT2D eigenvalue weighted by Gasteiger charge is 2.29. The van der Waals surface area contributed by atoms with E-state index in [9.17, 15) is 4.39 Å². The topological polar surface area (TPSA) is 50.1 Å². The lowest BCUT2D eigenvalue weighted by molar-refractivity contribution is 0.106. The molecule has 1 atom stereocenters. The van der Waals surface area contributed by atoms with E-state index in [1.54, 1.807) is 18.5 Å². The molecule has 0 bridgehead atoms. The Morgan fingerprint density at radius 1 is 1.07 bits per heavy atom. The second-order valence-corrected chi connectivity index (χ2v) is 7.65. The highest BCUT2D eigenvalue weighted by atomic mass is 35.5. The highest BCUT2D eigenvalue weighted by Crippen LogP contribution is 2.28. The van der Waals surface area contributed by atoms with Crippen molar-refractivity contribution in [1.29, 1.82) is 0 Å². The molecule has 0 radical (unpaired) electrons. The molecule has 0 aliphatic carbocycles.